The third-order valence-corrected chi connectivity index (χ3v) is 3.34. The first kappa shape index (κ1) is 13.4. The van der Waals surface area contributed by atoms with Crippen LogP contribution in [0.5, 0.6) is 0 Å². The number of anilines is 1. The van der Waals surface area contributed by atoms with Crippen LogP contribution in [-0.2, 0) is 0 Å². The molecule has 1 aromatic carbocycles. The van der Waals surface area contributed by atoms with E-state index in [0.29, 0.717) is 17.2 Å². The molecule has 1 aliphatic heterocycles. The second-order valence-corrected chi connectivity index (χ2v) is 5.07. The Labute approximate surface area is 112 Å². The first-order chi connectivity index (χ1) is 9.06. The quantitative estimate of drug-likeness (QED) is 0.855. The van der Waals surface area contributed by atoms with E-state index in [4.69, 9.17) is 5.73 Å². The molecule has 3 N–H and O–H groups in total. The summed E-state index contributed by atoms with van der Waals surface area (Å²) in [5.74, 6) is 0.0409. The minimum Gasteiger partial charge on any atom is -0.366 e. The number of nitrogens with zero attached hydrogens (tertiary/aromatic N) is 1. The van der Waals surface area contributed by atoms with Gasteiger partial charge in [0.1, 0.15) is 0 Å². The van der Waals surface area contributed by atoms with Crippen molar-refractivity contribution >= 4 is 17.6 Å². The molecule has 0 bridgehead atoms. The molecule has 0 aliphatic carbocycles. The van der Waals surface area contributed by atoms with E-state index in [0.717, 1.165) is 19.5 Å². The van der Waals surface area contributed by atoms with E-state index in [9.17, 15) is 9.59 Å². The molecular weight excluding hydrogens is 242 g/mol. The molecule has 102 valence electrons. The number of amides is 3. The van der Waals surface area contributed by atoms with Crippen LogP contribution in [0.4, 0.5) is 10.5 Å². The molecular formula is C14H19N3O2. The van der Waals surface area contributed by atoms with Crippen LogP contribution in [0.15, 0.2) is 24.3 Å². The third kappa shape index (κ3) is 3.47. The van der Waals surface area contributed by atoms with Gasteiger partial charge in [-0.15, -0.1) is 0 Å². The lowest BCUT2D eigenvalue weighted by Crippen LogP contribution is -2.41. The van der Waals surface area contributed by atoms with Gasteiger partial charge in [0.15, 0.2) is 0 Å². The molecule has 0 saturated carbocycles. The van der Waals surface area contributed by atoms with Crippen LogP contribution in [0.3, 0.4) is 0 Å². The van der Waals surface area contributed by atoms with Crippen molar-refractivity contribution in [3.05, 3.63) is 29.8 Å². The number of hydrogen-bond acceptors (Lipinski definition) is 2. The molecule has 0 spiro atoms. The summed E-state index contributed by atoms with van der Waals surface area (Å²) in [5, 5.41) is 2.81. The smallest absolute Gasteiger partial charge is 0.321 e. The largest absolute Gasteiger partial charge is 0.366 e. The highest BCUT2D eigenvalue weighted by Crippen LogP contribution is 2.17. The molecule has 19 heavy (non-hydrogen) atoms. The zero-order valence-electron chi connectivity index (χ0n) is 11.1. The topological polar surface area (TPSA) is 75.4 Å². The van der Waals surface area contributed by atoms with Crippen molar-refractivity contribution < 1.29 is 9.59 Å². The first-order valence-electron chi connectivity index (χ1n) is 6.52. The number of nitrogens with one attached hydrogen (secondary N) is 1. The lowest BCUT2D eigenvalue weighted by molar-refractivity contribution is 0.1000. The van der Waals surface area contributed by atoms with Gasteiger partial charge in [0.25, 0.3) is 0 Å². The molecule has 5 heteroatoms. The summed E-state index contributed by atoms with van der Waals surface area (Å²) in [6.07, 6.45) is 2.21. The van der Waals surface area contributed by atoms with E-state index in [2.05, 4.69) is 12.2 Å². The molecule has 1 aliphatic rings. The van der Waals surface area contributed by atoms with Gasteiger partial charge < -0.3 is 16.0 Å². The highest BCUT2D eigenvalue weighted by molar-refractivity contribution is 5.95. The van der Waals surface area contributed by atoms with Crippen LogP contribution < -0.4 is 11.1 Å². The second-order valence-electron chi connectivity index (χ2n) is 5.07. The van der Waals surface area contributed by atoms with Crippen LogP contribution in [0.2, 0.25) is 0 Å². The lowest BCUT2D eigenvalue weighted by atomic mass is 10.0. The predicted octanol–water partition coefficient (Wildman–Crippen LogP) is 2.05. The maximum atomic E-state index is 12.1. The normalized spacial score (nSPS) is 19.0. The maximum Gasteiger partial charge on any atom is 0.321 e. The van der Waals surface area contributed by atoms with Crippen LogP contribution in [0, 0.1) is 5.92 Å². The van der Waals surface area contributed by atoms with E-state index in [1.54, 1.807) is 24.3 Å². The standard InChI is InChI=1S/C14H19N3O2/c1-10-4-3-7-17(9-10)14(19)16-12-6-2-5-11(8-12)13(15)18/h2,5-6,8,10H,3-4,7,9H2,1H3,(H2,15,18)(H,16,19). The van der Waals surface area contributed by atoms with Gasteiger partial charge in [0.05, 0.1) is 0 Å². The Morgan fingerprint density at radius 2 is 2.21 bits per heavy atom. The number of piperidine rings is 1. The van der Waals surface area contributed by atoms with Crippen molar-refractivity contribution in [1.29, 1.82) is 0 Å². The summed E-state index contributed by atoms with van der Waals surface area (Å²) in [5.41, 5.74) is 6.20. The fourth-order valence-corrected chi connectivity index (χ4v) is 2.33. The number of urea groups is 1. The van der Waals surface area contributed by atoms with Crippen molar-refractivity contribution in [2.75, 3.05) is 18.4 Å². The van der Waals surface area contributed by atoms with E-state index >= 15 is 0 Å². The van der Waals surface area contributed by atoms with Gasteiger partial charge in [-0.3, -0.25) is 4.79 Å². The van der Waals surface area contributed by atoms with Crippen LogP contribution in [0.25, 0.3) is 0 Å². The molecule has 2 rings (SSSR count). The summed E-state index contributed by atoms with van der Waals surface area (Å²) in [7, 11) is 0. The Morgan fingerprint density at radius 3 is 2.89 bits per heavy atom. The van der Waals surface area contributed by atoms with E-state index in [-0.39, 0.29) is 6.03 Å². The molecule has 1 unspecified atom stereocenters. The van der Waals surface area contributed by atoms with Crippen molar-refractivity contribution in [3.8, 4) is 0 Å². The maximum absolute atomic E-state index is 12.1. The monoisotopic (exact) mass is 261 g/mol. The van der Waals surface area contributed by atoms with Gasteiger partial charge in [0, 0.05) is 24.3 Å². The van der Waals surface area contributed by atoms with E-state index in [1.807, 2.05) is 4.90 Å². The fourth-order valence-electron chi connectivity index (χ4n) is 2.33. The Kier molecular flexibility index (Phi) is 4.04. The molecule has 5 nitrogen and oxygen atoms in total. The summed E-state index contributed by atoms with van der Waals surface area (Å²) < 4.78 is 0. The molecule has 0 aromatic heterocycles. The third-order valence-electron chi connectivity index (χ3n) is 3.34. The first-order valence-corrected chi connectivity index (χ1v) is 6.52. The average molecular weight is 261 g/mol. The van der Waals surface area contributed by atoms with Gasteiger partial charge in [-0.25, -0.2) is 4.79 Å². The lowest BCUT2D eigenvalue weighted by Gasteiger charge is -2.30. The number of primary amides is 1. The zero-order valence-corrected chi connectivity index (χ0v) is 11.1. The van der Waals surface area contributed by atoms with E-state index < -0.39 is 5.91 Å². The van der Waals surface area contributed by atoms with E-state index in [1.165, 1.54) is 6.42 Å². The number of benzene rings is 1. The predicted molar refractivity (Wildman–Crippen MR) is 73.9 cm³/mol. The molecule has 1 aromatic rings. The Hall–Kier alpha value is -2.04. The Bertz CT molecular complexity index is 487. The molecule has 1 atom stereocenters. The highest BCUT2D eigenvalue weighted by Gasteiger charge is 2.20. The van der Waals surface area contributed by atoms with Crippen LogP contribution in [0.1, 0.15) is 30.1 Å². The van der Waals surface area contributed by atoms with Gasteiger partial charge >= 0.3 is 6.03 Å². The number of nitrogens with two attached hydrogens (primary N) is 1. The summed E-state index contributed by atoms with van der Waals surface area (Å²) in [6.45, 7) is 3.71. The molecule has 1 saturated heterocycles. The van der Waals surface area contributed by atoms with Crippen molar-refractivity contribution in [2.24, 2.45) is 11.7 Å². The number of carbonyl (C=O) groups is 2. The van der Waals surface area contributed by atoms with Crippen LogP contribution >= 0.6 is 0 Å². The minimum atomic E-state index is -0.498. The van der Waals surface area contributed by atoms with Crippen molar-refractivity contribution in [2.45, 2.75) is 19.8 Å². The van der Waals surface area contributed by atoms with Crippen molar-refractivity contribution in [1.82, 2.24) is 4.90 Å². The van der Waals surface area contributed by atoms with Crippen LogP contribution in [-0.4, -0.2) is 29.9 Å². The highest BCUT2D eigenvalue weighted by atomic mass is 16.2. The average Bonchev–Trinajstić information content (AvgIpc) is 2.39. The molecule has 0 radical (unpaired) electrons. The SMILES string of the molecule is CC1CCCN(C(=O)Nc2cccc(C(N)=O)c2)C1. The molecule has 1 fully saturated rings. The Balaban J connectivity index is 2.02. The minimum absolute atomic E-state index is 0.117. The number of hydrogen-bond donors (Lipinski definition) is 2. The molecule has 1 heterocycles. The Morgan fingerprint density at radius 1 is 1.42 bits per heavy atom. The number of rotatable bonds is 2. The summed E-state index contributed by atoms with van der Waals surface area (Å²) in [4.78, 5) is 25.0. The number of likely N-dealkylation sites (tertiary alicyclic amines) is 1. The fraction of sp³-hybridized carbons (Fsp3) is 0.429. The van der Waals surface area contributed by atoms with Gasteiger partial charge in [-0.05, 0) is 37.0 Å². The van der Waals surface area contributed by atoms with Crippen molar-refractivity contribution in [3.63, 3.8) is 0 Å². The summed E-state index contributed by atoms with van der Waals surface area (Å²) in [6, 6.07) is 6.55. The van der Waals surface area contributed by atoms with Gasteiger partial charge in [0.2, 0.25) is 5.91 Å². The zero-order chi connectivity index (χ0) is 13.8. The van der Waals surface area contributed by atoms with Gasteiger partial charge in [-0.1, -0.05) is 13.0 Å². The number of carbonyl (C=O) groups excluding carboxylic acids is 2. The summed E-state index contributed by atoms with van der Waals surface area (Å²) >= 11 is 0. The van der Waals surface area contributed by atoms with Gasteiger partial charge in [-0.2, -0.15) is 0 Å². The molecule has 3 amide bonds. The second kappa shape index (κ2) is 5.73.